The molecule has 6 heterocycles. The van der Waals surface area contributed by atoms with Crippen molar-refractivity contribution in [3.8, 4) is 0 Å². The number of hydrazine groups is 1. The number of fused-ring (bicyclic) bond motifs is 3. The van der Waals surface area contributed by atoms with E-state index in [0.717, 1.165) is 92.2 Å². The van der Waals surface area contributed by atoms with Crippen LogP contribution >= 0.6 is 23.4 Å². The molecule has 0 spiro atoms. The smallest absolute Gasteiger partial charge is 0.380 e. The molecule has 3 atom stereocenters. The van der Waals surface area contributed by atoms with Gasteiger partial charge in [-0.05, 0) is 133 Å². The predicted octanol–water partition coefficient (Wildman–Crippen LogP) is 9.27. The van der Waals surface area contributed by atoms with Crippen LogP contribution in [0.1, 0.15) is 89.8 Å². The highest BCUT2D eigenvalue weighted by atomic mass is 35.5. The van der Waals surface area contributed by atoms with E-state index in [0.29, 0.717) is 55.0 Å². The van der Waals surface area contributed by atoms with Crippen LogP contribution in [-0.2, 0) is 37.7 Å². The quantitative estimate of drug-likeness (QED) is 0.0663. The molecule has 2 unspecified atom stereocenters. The average molecular weight is 1240 g/mol. The fourth-order valence-corrected chi connectivity index (χ4v) is 15.7. The van der Waals surface area contributed by atoms with Gasteiger partial charge < -0.3 is 10.2 Å². The Balaban J connectivity index is 0.726. The van der Waals surface area contributed by atoms with Crippen molar-refractivity contribution in [1.82, 2.24) is 34.8 Å². The van der Waals surface area contributed by atoms with Gasteiger partial charge in [0.15, 0.2) is 0 Å². The Kier molecular flexibility index (Phi) is 17.3. The molecule has 85 heavy (non-hydrogen) atoms. The highest BCUT2D eigenvalue weighted by Crippen LogP contribution is 2.44. The topological polar surface area (TPSA) is 192 Å². The number of imide groups is 1. The second kappa shape index (κ2) is 24.4. The summed E-state index contributed by atoms with van der Waals surface area (Å²) in [6.07, 6.45) is 4.54. The third-order valence-electron chi connectivity index (χ3n) is 17.1. The number of carbonyl (C=O) groups is 4. The van der Waals surface area contributed by atoms with E-state index >= 15 is 0 Å². The Labute approximate surface area is 502 Å². The number of benzene rings is 5. The molecule has 5 aromatic carbocycles. The first kappa shape index (κ1) is 60.2. The number of thioether (sulfide) groups is 1. The largest absolute Gasteiger partial charge is 0.501 e. The summed E-state index contributed by atoms with van der Waals surface area (Å²) in [5.41, 5.74) is 1.08. The second-order valence-corrected chi connectivity index (χ2v) is 28.7. The number of hydrogen-bond donors (Lipinski definition) is 3. The van der Waals surface area contributed by atoms with E-state index in [-0.39, 0.29) is 54.4 Å². The molecular formula is C61H67ClF3N9O8S3. The minimum atomic E-state index is -6.14. The number of carbonyl (C=O) groups excluding carboxylic acids is 4. The fourth-order valence-electron chi connectivity index (χ4n) is 12.6. The fraction of sp³-hybridized carbons (Fsp3) is 0.410. The van der Waals surface area contributed by atoms with Crippen LogP contribution in [0.25, 0.3) is 5.57 Å². The summed E-state index contributed by atoms with van der Waals surface area (Å²) in [6, 6.07) is 31.0. The number of piperazine rings is 2. The van der Waals surface area contributed by atoms with Gasteiger partial charge in [0.2, 0.25) is 5.91 Å². The molecule has 1 aliphatic carbocycles. The Morgan fingerprint density at radius 3 is 2.22 bits per heavy atom. The molecule has 0 saturated carbocycles. The van der Waals surface area contributed by atoms with Crippen LogP contribution in [0.3, 0.4) is 0 Å². The van der Waals surface area contributed by atoms with E-state index in [1.807, 2.05) is 59.3 Å². The number of nitrogens with zero attached hydrogens (tertiary/aromatic N) is 6. The van der Waals surface area contributed by atoms with E-state index in [2.05, 4.69) is 56.2 Å². The molecule has 0 radical (unpaired) electrons. The third-order valence-corrected chi connectivity index (χ3v) is 21.4. The highest BCUT2D eigenvalue weighted by Gasteiger charge is 2.49. The number of amides is 5. The highest BCUT2D eigenvalue weighted by molar-refractivity contribution is 7.99. The van der Waals surface area contributed by atoms with Crippen LogP contribution in [0.15, 0.2) is 136 Å². The van der Waals surface area contributed by atoms with E-state index in [9.17, 15) is 49.2 Å². The summed E-state index contributed by atoms with van der Waals surface area (Å²) in [5.74, 6) is -1.43. The second-order valence-electron chi connectivity index (χ2n) is 23.6. The summed E-state index contributed by atoms with van der Waals surface area (Å²) >= 11 is 7.65. The van der Waals surface area contributed by atoms with Gasteiger partial charge >= 0.3 is 11.5 Å². The Morgan fingerprint density at radius 2 is 1.53 bits per heavy atom. The predicted molar refractivity (Wildman–Crippen MR) is 320 cm³/mol. The average Bonchev–Trinajstić information content (AvgIpc) is 2.61. The lowest BCUT2D eigenvalue weighted by Crippen LogP contribution is -2.68. The van der Waals surface area contributed by atoms with Gasteiger partial charge in [0, 0.05) is 116 Å². The Bertz CT molecular complexity index is 3630. The van der Waals surface area contributed by atoms with Crippen LogP contribution in [0.2, 0.25) is 5.02 Å². The number of piperidine rings is 1. The summed E-state index contributed by atoms with van der Waals surface area (Å²) in [7, 11) is -11.1. The number of urea groups is 1. The summed E-state index contributed by atoms with van der Waals surface area (Å²) in [6.45, 7) is 11.4. The molecule has 5 saturated heterocycles. The number of hydrogen-bond acceptors (Lipinski definition) is 14. The molecule has 5 amide bonds. The molecule has 12 rings (SSSR count). The maximum absolute atomic E-state index is 14.5. The number of halogens is 4. The van der Waals surface area contributed by atoms with Gasteiger partial charge in [-0.25, -0.2) is 36.4 Å². The zero-order chi connectivity index (χ0) is 60.0. The van der Waals surface area contributed by atoms with Crippen molar-refractivity contribution in [3.63, 3.8) is 0 Å². The third kappa shape index (κ3) is 13.4. The van der Waals surface area contributed by atoms with Gasteiger partial charge in [-0.15, -0.1) is 11.8 Å². The molecule has 5 aromatic rings. The number of sulfone groups is 1. The van der Waals surface area contributed by atoms with Crippen LogP contribution in [0, 0.1) is 5.41 Å². The molecule has 0 aromatic heterocycles. The molecule has 5 fully saturated rings. The number of alkyl halides is 3. The lowest BCUT2D eigenvalue weighted by Gasteiger charge is -2.57. The van der Waals surface area contributed by atoms with Crippen LogP contribution < -0.4 is 20.3 Å². The normalized spacial score (nSPS) is 20.9. The first-order chi connectivity index (χ1) is 40.5. The van der Waals surface area contributed by atoms with Gasteiger partial charge in [-0.2, -0.15) is 13.2 Å². The van der Waals surface area contributed by atoms with Gasteiger partial charge in [0.25, 0.3) is 31.7 Å². The maximum atomic E-state index is 14.5. The summed E-state index contributed by atoms with van der Waals surface area (Å²) < 4.78 is 100. The van der Waals surface area contributed by atoms with E-state index in [1.54, 1.807) is 18.2 Å². The van der Waals surface area contributed by atoms with E-state index in [4.69, 9.17) is 11.6 Å². The molecule has 2 bridgehead atoms. The van der Waals surface area contributed by atoms with Crippen molar-refractivity contribution in [1.29, 1.82) is 0 Å². The maximum Gasteiger partial charge on any atom is 0.501 e. The Morgan fingerprint density at radius 1 is 0.812 bits per heavy atom. The van der Waals surface area contributed by atoms with Crippen molar-refractivity contribution < 1.29 is 49.2 Å². The van der Waals surface area contributed by atoms with Gasteiger partial charge in [0.1, 0.15) is 4.90 Å². The molecular weight excluding hydrogens is 1180 g/mol. The molecule has 24 heteroatoms. The SMILES string of the molecule is CC1(C)CCC(c2ccc(Cl)cc2)=C(CN2CCN(c3ccc(C(=O)NS(=O)(=O)c4ccc(N[C@H](CCN5C6CC5CN(Cc5ccc7c(c5)CN(N5CCC(=O)NC5=O)C7=O)C6)CSc5ccccc5)c(S(=O)(=O)C(F)(F)F)c4)cc3)CC2)C1. The van der Waals surface area contributed by atoms with E-state index in [1.165, 1.54) is 50.6 Å². The first-order valence-corrected chi connectivity index (χ1v) is 32.8. The lowest BCUT2D eigenvalue weighted by molar-refractivity contribution is -0.123. The number of rotatable bonds is 19. The number of sulfonamides is 1. The lowest BCUT2D eigenvalue weighted by atomic mass is 9.73. The van der Waals surface area contributed by atoms with Gasteiger partial charge in [0.05, 0.1) is 23.7 Å². The van der Waals surface area contributed by atoms with Crippen molar-refractivity contribution >= 4 is 83.9 Å². The van der Waals surface area contributed by atoms with Crippen molar-refractivity contribution in [3.05, 3.63) is 154 Å². The summed E-state index contributed by atoms with van der Waals surface area (Å²) in [5, 5.41) is 8.67. The Hall–Kier alpha value is -6.47. The van der Waals surface area contributed by atoms with E-state index < -0.39 is 58.8 Å². The van der Waals surface area contributed by atoms with Crippen molar-refractivity contribution in [2.24, 2.45) is 5.41 Å². The minimum Gasteiger partial charge on any atom is -0.380 e. The zero-order valence-corrected chi connectivity index (χ0v) is 50.3. The molecule has 17 nitrogen and oxygen atoms in total. The molecule has 6 aliphatic heterocycles. The molecule has 450 valence electrons. The molecule has 7 aliphatic rings. The first-order valence-electron chi connectivity index (χ1n) is 28.5. The number of anilines is 2. The van der Waals surface area contributed by atoms with Gasteiger partial charge in [-0.1, -0.05) is 73.5 Å². The zero-order valence-electron chi connectivity index (χ0n) is 47.1. The minimum absolute atomic E-state index is 0.0233. The van der Waals surface area contributed by atoms with Crippen molar-refractivity contribution in [2.45, 2.75) is 104 Å². The standard InChI is InChI=1S/C61H67ClF3N9O8S3/c1-60(2)23-20-52(41-9-13-45(62)14-10-41)44(33-60)35-69-26-28-71(29-27-69)47-15-11-42(12-16-47)57(76)68-85(81,82)51-17-19-54(55(32-51)84(79,80)61(63,64)65)66-46(39-83-50-6-4-3-5-7-50)21-24-72-48-31-49(72)38-70(37-48)34-40-8-18-53-43(30-40)36-74(58(53)77)73-25-22-56(75)67-59(73)78/h3-19,30,32,46,48-49,66H,20-29,31,33-39H2,1-2H3,(H,68,76)(H,67,75,78)/t46-,48?,49?/m1/s1. The van der Waals surface area contributed by atoms with Crippen LogP contribution in [-0.4, -0.2) is 154 Å². The van der Waals surface area contributed by atoms with Crippen LogP contribution in [0.4, 0.5) is 29.3 Å². The van der Waals surface area contributed by atoms with Gasteiger partial charge in [-0.3, -0.25) is 34.4 Å². The number of nitrogens with one attached hydrogen (secondary N) is 3. The number of allylic oxidation sites excluding steroid dienone is 1. The summed E-state index contributed by atoms with van der Waals surface area (Å²) in [4.78, 5) is 59.1. The monoisotopic (exact) mass is 1240 g/mol. The van der Waals surface area contributed by atoms with Crippen LogP contribution in [0.5, 0.6) is 0 Å². The molecule has 3 N–H and O–H groups in total. The van der Waals surface area contributed by atoms with Crippen molar-refractivity contribution in [2.75, 3.05) is 74.9 Å².